The zero-order valence-electron chi connectivity index (χ0n) is 19.7. The van der Waals surface area contributed by atoms with E-state index in [0.717, 1.165) is 17.0 Å². The van der Waals surface area contributed by atoms with Crippen molar-refractivity contribution in [1.82, 2.24) is 30.0 Å². The van der Waals surface area contributed by atoms with Crippen molar-refractivity contribution < 1.29 is 9.53 Å². The fourth-order valence-corrected chi connectivity index (χ4v) is 3.62. The average Bonchev–Trinajstić information content (AvgIpc) is 3.24. The molecule has 0 unspecified atom stereocenters. The van der Waals surface area contributed by atoms with Gasteiger partial charge in [-0.1, -0.05) is 6.07 Å². The first-order valence-corrected chi connectivity index (χ1v) is 10.6. The quantitative estimate of drug-likeness (QED) is 0.383. The van der Waals surface area contributed by atoms with E-state index < -0.39 is 0 Å². The van der Waals surface area contributed by atoms with Crippen molar-refractivity contribution in [3.63, 3.8) is 0 Å². The molecule has 0 aliphatic rings. The van der Waals surface area contributed by atoms with E-state index in [1.807, 2.05) is 57.4 Å². The van der Waals surface area contributed by atoms with Crippen LogP contribution in [0, 0.1) is 13.8 Å². The maximum absolute atomic E-state index is 12.6. The molecule has 0 aliphatic carbocycles. The van der Waals surface area contributed by atoms with Crippen LogP contribution in [0.3, 0.4) is 0 Å². The Kier molecular flexibility index (Phi) is 6.39. The molecule has 3 heterocycles. The molecular weight excluding hydrogens is 432 g/mol. The number of rotatable bonds is 7. The van der Waals surface area contributed by atoms with Crippen LogP contribution in [0.5, 0.6) is 5.75 Å². The Morgan fingerprint density at radius 3 is 2.53 bits per heavy atom. The number of para-hydroxylation sites is 1. The molecule has 4 aromatic rings. The summed E-state index contributed by atoms with van der Waals surface area (Å²) in [4.78, 5) is 25.6. The molecule has 3 N–H and O–H groups in total. The number of hydrogen-bond donors (Lipinski definition) is 3. The molecule has 1 amide bonds. The summed E-state index contributed by atoms with van der Waals surface area (Å²) < 4.78 is 7.46. The van der Waals surface area contributed by atoms with Gasteiger partial charge < -0.3 is 20.7 Å². The molecule has 174 valence electrons. The highest BCUT2D eigenvalue weighted by atomic mass is 16.5. The van der Waals surface area contributed by atoms with Crippen LogP contribution >= 0.6 is 0 Å². The van der Waals surface area contributed by atoms with Crippen LogP contribution in [0.15, 0.2) is 48.8 Å². The van der Waals surface area contributed by atoms with Gasteiger partial charge in [-0.05, 0) is 32.0 Å². The van der Waals surface area contributed by atoms with Crippen molar-refractivity contribution in [2.75, 3.05) is 24.8 Å². The summed E-state index contributed by atoms with van der Waals surface area (Å²) in [7, 11) is 5.04. The first kappa shape index (κ1) is 22.7. The average molecular weight is 459 g/mol. The molecule has 0 saturated carbocycles. The highest BCUT2D eigenvalue weighted by Gasteiger charge is 2.17. The molecule has 0 saturated heterocycles. The normalized spacial score (nSPS) is 10.6. The van der Waals surface area contributed by atoms with Crippen LogP contribution in [-0.2, 0) is 7.05 Å². The van der Waals surface area contributed by atoms with E-state index in [-0.39, 0.29) is 5.91 Å². The second-order valence-electron chi connectivity index (χ2n) is 7.65. The Balaban J connectivity index is 1.74. The van der Waals surface area contributed by atoms with Crippen molar-refractivity contribution in [3.05, 3.63) is 65.9 Å². The van der Waals surface area contributed by atoms with Gasteiger partial charge in [-0.15, -0.1) is 0 Å². The number of hydrogen-bond acceptors (Lipinski definition) is 8. The summed E-state index contributed by atoms with van der Waals surface area (Å²) >= 11 is 0. The third-order valence-electron chi connectivity index (χ3n) is 5.08. The molecular formula is C24H26N8O2. The SMILES string of the molecule is CNC(=O)c1cnc(Nc2cc(C)nc(C)n2)cc1Nc1cccc(-c2ccn(C)n2)c1OC. The highest BCUT2D eigenvalue weighted by molar-refractivity contribution is 6.00. The summed E-state index contributed by atoms with van der Waals surface area (Å²) in [6, 6.07) is 11.2. The molecule has 0 aliphatic heterocycles. The summed E-state index contributed by atoms with van der Waals surface area (Å²) in [5.74, 6) is 2.13. The van der Waals surface area contributed by atoms with E-state index in [2.05, 4.69) is 36.0 Å². The maximum Gasteiger partial charge on any atom is 0.254 e. The first-order valence-electron chi connectivity index (χ1n) is 10.6. The van der Waals surface area contributed by atoms with Crippen molar-refractivity contribution in [2.45, 2.75) is 13.8 Å². The van der Waals surface area contributed by atoms with E-state index in [9.17, 15) is 4.79 Å². The Bertz CT molecular complexity index is 1330. The smallest absolute Gasteiger partial charge is 0.254 e. The topological polar surface area (TPSA) is 119 Å². The molecule has 0 radical (unpaired) electrons. The van der Waals surface area contributed by atoms with Gasteiger partial charge >= 0.3 is 0 Å². The molecule has 0 bridgehead atoms. The highest BCUT2D eigenvalue weighted by Crippen LogP contribution is 2.38. The van der Waals surface area contributed by atoms with Gasteiger partial charge in [-0.3, -0.25) is 9.48 Å². The van der Waals surface area contributed by atoms with Crippen molar-refractivity contribution in [3.8, 4) is 17.0 Å². The predicted octanol–water partition coefficient (Wildman–Crippen LogP) is 3.74. The number of anilines is 4. The van der Waals surface area contributed by atoms with E-state index in [1.165, 1.54) is 6.20 Å². The monoisotopic (exact) mass is 458 g/mol. The lowest BCUT2D eigenvalue weighted by Gasteiger charge is -2.17. The van der Waals surface area contributed by atoms with Gasteiger partial charge in [-0.25, -0.2) is 15.0 Å². The minimum absolute atomic E-state index is 0.268. The van der Waals surface area contributed by atoms with Crippen LogP contribution < -0.4 is 20.7 Å². The van der Waals surface area contributed by atoms with Gasteiger partial charge in [0, 0.05) is 49.9 Å². The van der Waals surface area contributed by atoms with Crippen LogP contribution in [0.4, 0.5) is 23.0 Å². The van der Waals surface area contributed by atoms with Gasteiger partial charge in [0.25, 0.3) is 5.91 Å². The molecule has 0 atom stereocenters. The maximum atomic E-state index is 12.6. The number of benzene rings is 1. The van der Waals surface area contributed by atoms with E-state index >= 15 is 0 Å². The lowest BCUT2D eigenvalue weighted by Crippen LogP contribution is -2.19. The third kappa shape index (κ3) is 4.80. The Morgan fingerprint density at radius 2 is 1.85 bits per heavy atom. The van der Waals surface area contributed by atoms with Crippen LogP contribution in [0.25, 0.3) is 11.3 Å². The second kappa shape index (κ2) is 9.57. The zero-order chi connectivity index (χ0) is 24.2. The summed E-state index contributed by atoms with van der Waals surface area (Å²) in [5, 5.41) is 13.7. The largest absolute Gasteiger partial charge is 0.494 e. The molecule has 34 heavy (non-hydrogen) atoms. The van der Waals surface area contributed by atoms with Gasteiger partial charge in [0.1, 0.15) is 17.5 Å². The van der Waals surface area contributed by atoms with E-state index in [1.54, 1.807) is 24.9 Å². The number of carbonyl (C=O) groups excluding carboxylic acids is 1. The molecule has 1 aromatic carbocycles. The zero-order valence-corrected chi connectivity index (χ0v) is 19.7. The summed E-state index contributed by atoms with van der Waals surface area (Å²) in [5.41, 5.74) is 4.06. The standard InChI is InChI=1S/C24H26N8O2/c1-14-11-22(28-15(2)27-14)30-21-12-20(17(13-26-21)24(33)25-3)29-19-8-6-7-16(23(19)34-5)18-9-10-32(4)31-18/h6-13H,1-5H3,(H,25,33)(H2,26,27,28,29,30). The molecule has 4 rings (SSSR count). The number of methoxy groups -OCH3 is 1. The molecule has 10 heteroatoms. The van der Waals surface area contributed by atoms with Crippen molar-refractivity contribution >= 4 is 28.9 Å². The predicted molar refractivity (Wildman–Crippen MR) is 131 cm³/mol. The van der Waals surface area contributed by atoms with E-state index in [0.29, 0.717) is 40.1 Å². The molecule has 10 nitrogen and oxygen atoms in total. The minimum Gasteiger partial charge on any atom is -0.494 e. The fraction of sp³-hybridized carbons (Fsp3) is 0.208. The Hall–Kier alpha value is -4.47. The van der Waals surface area contributed by atoms with Crippen molar-refractivity contribution in [1.29, 1.82) is 0 Å². The number of carbonyl (C=O) groups is 1. The molecule has 0 fully saturated rings. The lowest BCUT2D eigenvalue weighted by atomic mass is 10.1. The fourth-order valence-electron chi connectivity index (χ4n) is 3.62. The van der Waals surface area contributed by atoms with E-state index in [4.69, 9.17) is 4.74 Å². The number of nitrogens with one attached hydrogen (secondary N) is 3. The van der Waals surface area contributed by atoms with Gasteiger partial charge in [0.15, 0.2) is 5.75 Å². The Morgan fingerprint density at radius 1 is 1.03 bits per heavy atom. The van der Waals surface area contributed by atoms with Crippen molar-refractivity contribution in [2.24, 2.45) is 7.05 Å². The van der Waals surface area contributed by atoms with Gasteiger partial charge in [0.05, 0.1) is 29.7 Å². The third-order valence-corrected chi connectivity index (χ3v) is 5.08. The van der Waals surface area contributed by atoms with Gasteiger partial charge in [-0.2, -0.15) is 5.10 Å². The number of nitrogens with zero attached hydrogens (tertiary/aromatic N) is 5. The van der Waals surface area contributed by atoms with Crippen LogP contribution in [-0.4, -0.2) is 44.8 Å². The van der Waals surface area contributed by atoms with Gasteiger partial charge in [0.2, 0.25) is 0 Å². The van der Waals surface area contributed by atoms with Crippen LogP contribution in [0.2, 0.25) is 0 Å². The number of pyridine rings is 1. The second-order valence-corrected chi connectivity index (χ2v) is 7.65. The molecule has 3 aromatic heterocycles. The summed E-state index contributed by atoms with van der Waals surface area (Å²) in [6.07, 6.45) is 3.38. The number of aryl methyl sites for hydroxylation is 3. The lowest BCUT2D eigenvalue weighted by molar-refractivity contribution is 0.0963. The molecule has 0 spiro atoms. The number of aromatic nitrogens is 5. The number of ether oxygens (including phenoxy) is 1. The van der Waals surface area contributed by atoms with Crippen LogP contribution in [0.1, 0.15) is 21.9 Å². The Labute approximate surface area is 197 Å². The summed E-state index contributed by atoms with van der Waals surface area (Å²) in [6.45, 7) is 3.73. The first-order chi connectivity index (χ1) is 16.4. The minimum atomic E-state index is -0.268. The number of amides is 1.